The summed E-state index contributed by atoms with van der Waals surface area (Å²) in [6.45, 7) is 0. The monoisotopic (exact) mass is 366 g/mol. The van der Waals surface area contributed by atoms with E-state index in [2.05, 4.69) is 25.6 Å². The van der Waals surface area contributed by atoms with Crippen molar-refractivity contribution >= 4 is 34.0 Å². The average Bonchev–Trinajstić information content (AvgIpc) is 2.74. The van der Waals surface area contributed by atoms with Crippen LogP contribution in [0.1, 0.15) is 16.1 Å². The zero-order valence-electron chi connectivity index (χ0n) is 14.6. The van der Waals surface area contributed by atoms with Crippen LogP contribution in [0.5, 0.6) is 0 Å². The first-order valence-electron chi connectivity index (χ1n) is 8.47. The van der Waals surface area contributed by atoms with E-state index in [0.29, 0.717) is 17.1 Å². The maximum atomic E-state index is 12.3. The van der Waals surface area contributed by atoms with Gasteiger partial charge in [-0.1, -0.05) is 24.3 Å². The van der Waals surface area contributed by atoms with Gasteiger partial charge in [-0.05, 0) is 30.3 Å². The quantitative estimate of drug-likeness (QED) is 0.568. The van der Waals surface area contributed by atoms with Crippen LogP contribution in [0.25, 0.3) is 10.9 Å². The zero-order chi connectivity index (χ0) is 19.3. The highest BCUT2D eigenvalue weighted by atomic mass is 16.1. The van der Waals surface area contributed by atoms with Gasteiger partial charge in [0.05, 0.1) is 35.2 Å². The summed E-state index contributed by atoms with van der Waals surface area (Å²) in [5.74, 6) is 0.0992. The molecule has 0 saturated carbocycles. The first-order chi connectivity index (χ1) is 13.7. The lowest BCUT2D eigenvalue weighted by Crippen LogP contribution is -2.14. The van der Waals surface area contributed by atoms with E-state index < -0.39 is 5.91 Å². The van der Waals surface area contributed by atoms with Gasteiger partial charge >= 0.3 is 0 Å². The first kappa shape index (κ1) is 17.1. The summed E-state index contributed by atoms with van der Waals surface area (Å²) >= 11 is 0. The smallest absolute Gasteiger partial charge is 0.275 e. The van der Waals surface area contributed by atoms with Crippen molar-refractivity contribution in [2.75, 3.05) is 10.6 Å². The molecule has 134 valence electrons. The Balaban J connectivity index is 1.50. The lowest BCUT2D eigenvalue weighted by Gasteiger charge is -2.09. The number of benzene rings is 2. The molecule has 1 amide bonds. The molecule has 7 nitrogen and oxygen atoms in total. The minimum absolute atomic E-state index is 0.170. The second-order valence-corrected chi connectivity index (χ2v) is 5.94. The van der Waals surface area contributed by atoms with Crippen molar-refractivity contribution in [2.24, 2.45) is 0 Å². The fourth-order valence-corrected chi connectivity index (χ4v) is 2.71. The third kappa shape index (κ3) is 3.61. The molecule has 4 rings (SSSR count). The Labute approximate surface area is 160 Å². The summed E-state index contributed by atoms with van der Waals surface area (Å²) in [6, 6.07) is 18.4. The van der Waals surface area contributed by atoms with Crippen LogP contribution in [0, 0.1) is 11.3 Å². The van der Waals surface area contributed by atoms with Crippen molar-refractivity contribution < 1.29 is 4.79 Å². The number of nitriles is 1. The van der Waals surface area contributed by atoms with Gasteiger partial charge in [0, 0.05) is 17.3 Å². The van der Waals surface area contributed by atoms with Crippen LogP contribution in [0.4, 0.5) is 17.2 Å². The Morgan fingerprint density at radius 3 is 2.64 bits per heavy atom. The number of carbonyl (C=O) groups is 1. The van der Waals surface area contributed by atoms with Crippen LogP contribution in [-0.2, 0) is 0 Å². The third-order valence-corrected chi connectivity index (χ3v) is 4.03. The van der Waals surface area contributed by atoms with Gasteiger partial charge in [0.15, 0.2) is 0 Å². The van der Waals surface area contributed by atoms with Gasteiger partial charge in [0.25, 0.3) is 5.91 Å². The van der Waals surface area contributed by atoms with Gasteiger partial charge in [-0.15, -0.1) is 0 Å². The average molecular weight is 366 g/mol. The Morgan fingerprint density at radius 1 is 0.964 bits per heavy atom. The Kier molecular flexibility index (Phi) is 4.59. The maximum absolute atomic E-state index is 12.3. The fourth-order valence-electron chi connectivity index (χ4n) is 2.71. The molecule has 2 aromatic carbocycles. The molecule has 0 bridgehead atoms. The van der Waals surface area contributed by atoms with Gasteiger partial charge in [0.1, 0.15) is 11.5 Å². The van der Waals surface area contributed by atoms with E-state index in [-0.39, 0.29) is 5.69 Å². The summed E-state index contributed by atoms with van der Waals surface area (Å²) in [5.41, 5.74) is 2.79. The number of fused-ring (bicyclic) bond motifs is 1. The Morgan fingerprint density at radius 2 is 1.82 bits per heavy atom. The number of aromatic nitrogens is 3. The zero-order valence-corrected chi connectivity index (χ0v) is 14.6. The summed E-state index contributed by atoms with van der Waals surface area (Å²) in [6.07, 6.45) is 4.61. The molecule has 0 saturated heterocycles. The van der Waals surface area contributed by atoms with Crippen molar-refractivity contribution in [3.63, 3.8) is 0 Å². The van der Waals surface area contributed by atoms with E-state index in [1.54, 1.807) is 30.5 Å². The number of carbonyl (C=O) groups excluding carboxylic acids is 1. The fraction of sp³-hybridized carbons (Fsp3) is 0. The number of para-hydroxylation sites is 1. The van der Waals surface area contributed by atoms with E-state index in [4.69, 9.17) is 5.26 Å². The van der Waals surface area contributed by atoms with Crippen molar-refractivity contribution in [1.29, 1.82) is 5.26 Å². The number of hydrogen-bond donors (Lipinski definition) is 2. The number of nitrogens with one attached hydrogen (secondary N) is 2. The third-order valence-electron chi connectivity index (χ3n) is 4.03. The van der Waals surface area contributed by atoms with Gasteiger partial charge in [-0.2, -0.15) is 5.26 Å². The minimum Gasteiger partial charge on any atom is -0.337 e. The second kappa shape index (κ2) is 7.51. The summed E-state index contributed by atoms with van der Waals surface area (Å²) in [5, 5.41) is 15.8. The number of anilines is 3. The van der Waals surface area contributed by atoms with Crippen LogP contribution < -0.4 is 10.6 Å². The second-order valence-electron chi connectivity index (χ2n) is 5.94. The van der Waals surface area contributed by atoms with Gasteiger partial charge < -0.3 is 10.6 Å². The molecule has 2 N–H and O–H groups in total. The molecule has 7 heteroatoms. The molecule has 0 aliphatic carbocycles. The lowest BCUT2D eigenvalue weighted by molar-refractivity contribution is 0.102. The molecule has 2 aromatic heterocycles. The molecular weight excluding hydrogens is 352 g/mol. The highest BCUT2D eigenvalue weighted by Crippen LogP contribution is 2.23. The standard InChI is InChI=1S/C21H14N6O/c22-11-14-4-1-7-16(10-14)26-21(28)18-12-25-19(13-24-18)27-17-8-2-5-15-6-3-9-23-20(15)17/h1-10,12-13H,(H,25,27)(H,26,28). The molecule has 0 fully saturated rings. The highest BCUT2D eigenvalue weighted by Gasteiger charge is 2.10. The van der Waals surface area contributed by atoms with E-state index >= 15 is 0 Å². The molecule has 2 heterocycles. The molecule has 0 radical (unpaired) electrons. The van der Waals surface area contributed by atoms with Gasteiger partial charge in [-0.3, -0.25) is 9.78 Å². The van der Waals surface area contributed by atoms with Crippen molar-refractivity contribution in [1.82, 2.24) is 15.0 Å². The van der Waals surface area contributed by atoms with E-state index in [9.17, 15) is 4.79 Å². The molecule has 4 aromatic rings. The predicted octanol–water partition coefficient (Wildman–Crippen LogP) is 3.89. The number of amides is 1. The largest absolute Gasteiger partial charge is 0.337 e. The van der Waals surface area contributed by atoms with Gasteiger partial charge in [-0.25, -0.2) is 9.97 Å². The van der Waals surface area contributed by atoms with Crippen LogP contribution in [0.3, 0.4) is 0 Å². The lowest BCUT2D eigenvalue weighted by atomic mass is 10.2. The molecule has 28 heavy (non-hydrogen) atoms. The van der Waals surface area contributed by atoms with Crippen LogP contribution in [0.2, 0.25) is 0 Å². The van der Waals surface area contributed by atoms with Gasteiger partial charge in [0.2, 0.25) is 0 Å². The number of rotatable bonds is 4. The van der Waals surface area contributed by atoms with Crippen molar-refractivity contribution in [3.8, 4) is 6.07 Å². The molecule has 0 spiro atoms. The number of hydrogen-bond acceptors (Lipinski definition) is 6. The minimum atomic E-state index is -0.402. The Hall–Kier alpha value is -4.31. The molecule has 0 aliphatic heterocycles. The maximum Gasteiger partial charge on any atom is 0.275 e. The first-order valence-corrected chi connectivity index (χ1v) is 8.47. The normalized spacial score (nSPS) is 10.2. The number of pyridine rings is 1. The molecule has 0 unspecified atom stereocenters. The van der Waals surface area contributed by atoms with E-state index in [0.717, 1.165) is 16.6 Å². The van der Waals surface area contributed by atoms with Crippen LogP contribution in [0.15, 0.2) is 73.2 Å². The summed E-state index contributed by atoms with van der Waals surface area (Å²) in [7, 11) is 0. The SMILES string of the molecule is N#Cc1cccc(NC(=O)c2cnc(Nc3cccc4cccnc34)cn2)c1. The molecule has 0 aliphatic rings. The van der Waals surface area contributed by atoms with Crippen LogP contribution >= 0.6 is 0 Å². The summed E-state index contributed by atoms with van der Waals surface area (Å²) in [4.78, 5) is 25.2. The topological polar surface area (TPSA) is 104 Å². The van der Waals surface area contributed by atoms with E-state index in [1.165, 1.54) is 12.4 Å². The molecular formula is C21H14N6O. The highest BCUT2D eigenvalue weighted by molar-refractivity contribution is 6.02. The number of nitrogens with zero attached hydrogens (tertiary/aromatic N) is 4. The van der Waals surface area contributed by atoms with Crippen molar-refractivity contribution in [2.45, 2.75) is 0 Å². The van der Waals surface area contributed by atoms with Crippen molar-refractivity contribution in [3.05, 3.63) is 84.4 Å². The Bertz CT molecular complexity index is 1190. The molecule has 0 atom stereocenters. The predicted molar refractivity (Wildman–Crippen MR) is 106 cm³/mol. The van der Waals surface area contributed by atoms with Crippen LogP contribution in [-0.4, -0.2) is 20.9 Å². The van der Waals surface area contributed by atoms with E-state index in [1.807, 2.05) is 36.4 Å². The summed E-state index contributed by atoms with van der Waals surface area (Å²) < 4.78 is 0.